The van der Waals surface area contributed by atoms with Crippen molar-refractivity contribution >= 4 is 43.1 Å². The smallest absolute Gasteiger partial charge is 0.122 e. The van der Waals surface area contributed by atoms with Crippen molar-refractivity contribution in [3.8, 4) is 5.75 Å². The van der Waals surface area contributed by atoms with Crippen molar-refractivity contribution in [2.45, 2.75) is 6.61 Å². The number of hydrogen-bond donors (Lipinski definition) is 2. The Morgan fingerprint density at radius 3 is 2.05 bits per heavy atom. The second-order valence-corrected chi connectivity index (χ2v) is 3.58. The minimum Gasteiger partial charge on any atom is -0.489 e. The maximum Gasteiger partial charge on any atom is 0.122 e. The number of aromatic nitrogens is 1. The molecule has 0 amide bonds. The quantitative estimate of drug-likeness (QED) is 0.665. The van der Waals surface area contributed by atoms with Crippen molar-refractivity contribution in [2.75, 3.05) is 0 Å². The molecule has 20 heavy (non-hydrogen) atoms. The number of nitrogens with zero attached hydrogens (tertiary/aromatic N) is 1. The fourth-order valence-electron chi connectivity index (χ4n) is 1.38. The van der Waals surface area contributed by atoms with Crippen LogP contribution < -0.4 is 10.5 Å². The van der Waals surface area contributed by atoms with Gasteiger partial charge in [0.1, 0.15) is 18.2 Å². The van der Waals surface area contributed by atoms with E-state index in [-0.39, 0.29) is 43.1 Å². The Bertz CT molecular complexity index is 506. The molecule has 0 radical (unpaired) electrons. The lowest BCUT2D eigenvalue weighted by molar-refractivity contribution is 0.306. The third-order valence-corrected chi connectivity index (χ3v) is 2.32. The number of nitrogens with two attached hydrogens (primary N) is 1. The maximum absolute atomic E-state index is 7.27. The number of nitrogens with one attached hydrogen (secondary N) is 1. The van der Waals surface area contributed by atoms with Gasteiger partial charge < -0.3 is 10.5 Å². The molecule has 0 aliphatic carbocycles. The molecule has 0 aliphatic rings. The van der Waals surface area contributed by atoms with Gasteiger partial charge in [-0.05, 0) is 42.0 Å². The van der Waals surface area contributed by atoms with E-state index in [1.807, 2.05) is 12.1 Å². The fourth-order valence-corrected chi connectivity index (χ4v) is 1.38. The van der Waals surface area contributed by atoms with Crippen LogP contribution in [0.1, 0.15) is 11.1 Å². The van der Waals surface area contributed by atoms with Gasteiger partial charge in [-0.2, -0.15) is 0 Å². The van der Waals surface area contributed by atoms with Crippen LogP contribution in [0, 0.1) is 5.41 Å². The largest absolute Gasteiger partial charge is 0.489 e. The van der Waals surface area contributed by atoms with Gasteiger partial charge in [-0.25, -0.2) is 0 Å². The normalized spacial score (nSPS) is 8.40. The summed E-state index contributed by atoms with van der Waals surface area (Å²) in [7, 11) is 0. The molecule has 0 aliphatic heterocycles. The van der Waals surface area contributed by atoms with E-state index < -0.39 is 0 Å². The van der Waals surface area contributed by atoms with Gasteiger partial charge in [0.15, 0.2) is 0 Å². The van der Waals surface area contributed by atoms with Crippen molar-refractivity contribution < 1.29 is 4.74 Å². The lowest BCUT2D eigenvalue weighted by Crippen LogP contribution is -2.10. The van der Waals surface area contributed by atoms with E-state index in [2.05, 4.69) is 4.98 Å². The van der Waals surface area contributed by atoms with Crippen molar-refractivity contribution in [2.24, 2.45) is 5.73 Å². The van der Waals surface area contributed by atoms with Gasteiger partial charge in [-0.1, -0.05) is 0 Å². The number of halogens is 3. The highest BCUT2D eigenvalue weighted by Crippen LogP contribution is 2.13. The van der Waals surface area contributed by atoms with Gasteiger partial charge in [0.2, 0.25) is 0 Å². The van der Waals surface area contributed by atoms with Crippen LogP contribution in [0.3, 0.4) is 0 Å². The van der Waals surface area contributed by atoms with Gasteiger partial charge in [-0.3, -0.25) is 10.4 Å². The Balaban J connectivity index is 0. The molecule has 1 aromatic carbocycles. The molecule has 4 nitrogen and oxygen atoms in total. The molecule has 0 unspecified atom stereocenters. The summed E-state index contributed by atoms with van der Waals surface area (Å²) in [6.07, 6.45) is 3.47. The molecule has 2 rings (SSSR count). The average molecular weight is 337 g/mol. The molecule has 1 aromatic heterocycles. The number of hydrogen-bond acceptors (Lipinski definition) is 3. The molecule has 0 bridgehead atoms. The zero-order valence-electron chi connectivity index (χ0n) is 10.5. The van der Waals surface area contributed by atoms with Crippen LogP contribution in [0.25, 0.3) is 0 Å². The van der Waals surface area contributed by atoms with Crippen LogP contribution >= 0.6 is 37.2 Å². The zero-order valence-corrected chi connectivity index (χ0v) is 12.9. The Labute approximate surface area is 136 Å². The van der Waals surface area contributed by atoms with Gasteiger partial charge in [-0.15, -0.1) is 37.2 Å². The molecule has 7 heteroatoms. The highest BCUT2D eigenvalue weighted by atomic mass is 35.5. The summed E-state index contributed by atoms with van der Waals surface area (Å²) in [5.74, 6) is 0.817. The Kier molecular flexibility index (Phi) is 10.7. The summed E-state index contributed by atoms with van der Waals surface area (Å²) in [6, 6.07) is 11.0. The van der Waals surface area contributed by atoms with E-state index in [1.54, 1.807) is 36.7 Å². The van der Waals surface area contributed by atoms with Crippen molar-refractivity contribution in [3.05, 3.63) is 59.9 Å². The van der Waals surface area contributed by atoms with E-state index in [9.17, 15) is 0 Å². The van der Waals surface area contributed by atoms with Gasteiger partial charge >= 0.3 is 0 Å². The van der Waals surface area contributed by atoms with Crippen LogP contribution in [0.2, 0.25) is 0 Å². The first-order valence-electron chi connectivity index (χ1n) is 5.22. The maximum atomic E-state index is 7.27. The van der Waals surface area contributed by atoms with E-state index in [0.717, 1.165) is 11.3 Å². The van der Waals surface area contributed by atoms with Gasteiger partial charge in [0.25, 0.3) is 0 Å². The van der Waals surface area contributed by atoms with E-state index in [1.165, 1.54) is 0 Å². The first-order valence-corrected chi connectivity index (χ1v) is 5.22. The Morgan fingerprint density at radius 2 is 1.55 bits per heavy atom. The van der Waals surface area contributed by atoms with Crippen molar-refractivity contribution in [3.63, 3.8) is 0 Å². The highest BCUT2D eigenvalue weighted by Gasteiger charge is 1.98. The second kappa shape index (κ2) is 10.3. The number of amidine groups is 1. The summed E-state index contributed by atoms with van der Waals surface area (Å²) in [4.78, 5) is 3.94. The van der Waals surface area contributed by atoms with E-state index >= 15 is 0 Å². The van der Waals surface area contributed by atoms with Crippen LogP contribution in [0.5, 0.6) is 5.75 Å². The molecular weight excluding hydrogens is 321 g/mol. The second-order valence-electron chi connectivity index (χ2n) is 3.58. The molecule has 1 heterocycles. The predicted molar refractivity (Wildman–Crippen MR) is 87.8 cm³/mol. The van der Waals surface area contributed by atoms with Crippen molar-refractivity contribution in [1.29, 1.82) is 5.41 Å². The van der Waals surface area contributed by atoms with Crippen LogP contribution in [-0.2, 0) is 6.61 Å². The summed E-state index contributed by atoms with van der Waals surface area (Å²) in [5, 5.41) is 7.27. The molecule has 3 N–H and O–H groups in total. The molecule has 0 spiro atoms. The first-order chi connectivity index (χ1) is 8.25. The topological polar surface area (TPSA) is 72.0 Å². The first kappa shape index (κ1) is 20.8. The van der Waals surface area contributed by atoms with Crippen LogP contribution in [-0.4, -0.2) is 10.8 Å². The number of pyridine rings is 1. The molecule has 0 saturated heterocycles. The lowest BCUT2D eigenvalue weighted by Gasteiger charge is -2.06. The van der Waals surface area contributed by atoms with Gasteiger partial charge in [0, 0.05) is 18.0 Å². The monoisotopic (exact) mass is 335 g/mol. The third kappa shape index (κ3) is 6.10. The Hall–Kier alpha value is -1.49. The summed E-state index contributed by atoms with van der Waals surface area (Å²) < 4.78 is 5.59. The molecule has 0 atom stereocenters. The summed E-state index contributed by atoms with van der Waals surface area (Å²) >= 11 is 0. The van der Waals surface area contributed by atoms with Crippen molar-refractivity contribution in [1.82, 2.24) is 4.98 Å². The molecule has 2 aromatic rings. The Morgan fingerprint density at radius 1 is 1.00 bits per heavy atom. The minimum atomic E-state index is 0. The fraction of sp³-hybridized carbons (Fsp3) is 0.0769. The lowest BCUT2D eigenvalue weighted by atomic mass is 10.2. The third-order valence-electron chi connectivity index (χ3n) is 2.32. The van der Waals surface area contributed by atoms with E-state index in [4.69, 9.17) is 15.9 Å². The standard InChI is InChI=1S/C13H13N3O.3ClH/c14-13(15)11-1-3-12(4-2-11)17-9-10-5-7-16-8-6-10;;;/h1-8H,9H2,(H3,14,15);3*1H. The van der Waals surface area contributed by atoms with Gasteiger partial charge in [0.05, 0.1) is 0 Å². The number of rotatable bonds is 4. The molecular formula is C13H16Cl3N3O. The predicted octanol–water partition coefficient (Wildman–Crippen LogP) is 3.21. The molecule has 0 saturated carbocycles. The zero-order chi connectivity index (χ0) is 12.1. The van der Waals surface area contributed by atoms with Crippen LogP contribution in [0.4, 0.5) is 0 Å². The molecule has 110 valence electrons. The summed E-state index contributed by atoms with van der Waals surface area (Å²) in [6.45, 7) is 0.502. The number of ether oxygens (including phenoxy) is 1. The SMILES string of the molecule is Cl.Cl.Cl.N=C(N)c1ccc(OCc2ccncc2)cc1. The van der Waals surface area contributed by atoms with Crippen LogP contribution in [0.15, 0.2) is 48.8 Å². The average Bonchev–Trinajstić information content (AvgIpc) is 2.38. The molecule has 0 fully saturated rings. The minimum absolute atomic E-state index is 0. The van der Waals surface area contributed by atoms with E-state index in [0.29, 0.717) is 12.2 Å². The summed E-state index contributed by atoms with van der Waals surface area (Å²) in [5.41, 5.74) is 7.13. The highest BCUT2D eigenvalue weighted by molar-refractivity contribution is 5.94. The number of nitrogen functional groups attached to an aromatic ring is 1. The number of benzene rings is 1.